The van der Waals surface area contributed by atoms with Gasteiger partial charge in [0.1, 0.15) is 0 Å². The third-order valence-corrected chi connectivity index (χ3v) is 2.47. The molecule has 17 heavy (non-hydrogen) atoms. The van der Waals surface area contributed by atoms with Crippen molar-refractivity contribution in [2.45, 2.75) is 46.7 Å². The Bertz CT molecular complexity index is 309. The average Bonchev–Trinajstić information content (AvgIpc) is 2.72. The monoisotopic (exact) mass is 239 g/mol. The van der Waals surface area contributed by atoms with E-state index in [0.29, 0.717) is 12.0 Å². The molecule has 1 rings (SSSR count). The Labute approximate surface area is 104 Å². The fourth-order valence-corrected chi connectivity index (χ4v) is 1.50. The van der Waals surface area contributed by atoms with Crippen molar-refractivity contribution in [3.8, 4) is 5.75 Å². The van der Waals surface area contributed by atoms with Gasteiger partial charge < -0.3 is 10.1 Å². The molecule has 98 valence electrons. The molecule has 0 amide bonds. The van der Waals surface area contributed by atoms with Crippen molar-refractivity contribution in [3.63, 3.8) is 0 Å². The predicted octanol–water partition coefficient (Wildman–Crippen LogP) is 2.31. The van der Waals surface area contributed by atoms with Gasteiger partial charge in [0, 0.05) is 25.0 Å². The predicted molar refractivity (Wildman–Crippen MR) is 70.3 cm³/mol. The molecule has 4 nitrogen and oxygen atoms in total. The van der Waals surface area contributed by atoms with Gasteiger partial charge in [0.2, 0.25) is 0 Å². The van der Waals surface area contributed by atoms with Crippen molar-refractivity contribution >= 4 is 0 Å². The topological polar surface area (TPSA) is 39.1 Å². The highest BCUT2D eigenvalue weighted by molar-refractivity contribution is 5.11. The minimum Gasteiger partial charge on any atom is -0.490 e. The van der Waals surface area contributed by atoms with Crippen LogP contribution in [0.2, 0.25) is 0 Å². The molecule has 0 radical (unpaired) electrons. The van der Waals surface area contributed by atoms with E-state index in [0.717, 1.165) is 31.9 Å². The van der Waals surface area contributed by atoms with Gasteiger partial charge in [0.15, 0.2) is 5.75 Å². The van der Waals surface area contributed by atoms with Crippen molar-refractivity contribution < 1.29 is 4.74 Å². The van der Waals surface area contributed by atoms with Crippen LogP contribution in [-0.2, 0) is 6.54 Å². The first-order chi connectivity index (χ1) is 8.11. The van der Waals surface area contributed by atoms with E-state index in [1.165, 1.54) is 0 Å². The Kier molecular flexibility index (Phi) is 6.05. The molecule has 0 saturated heterocycles. The number of hydrogen-bond donors (Lipinski definition) is 1. The van der Waals surface area contributed by atoms with Gasteiger partial charge in [-0.05, 0) is 6.42 Å². The van der Waals surface area contributed by atoms with Crippen LogP contribution in [0.4, 0.5) is 0 Å². The van der Waals surface area contributed by atoms with E-state index in [9.17, 15) is 0 Å². The third-order valence-electron chi connectivity index (χ3n) is 2.47. The Morgan fingerprint density at radius 3 is 2.82 bits per heavy atom. The zero-order valence-corrected chi connectivity index (χ0v) is 11.4. The van der Waals surface area contributed by atoms with E-state index < -0.39 is 0 Å². The van der Waals surface area contributed by atoms with Crippen LogP contribution in [0.15, 0.2) is 12.4 Å². The summed E-state index contributed by atoms with van der Waals surface area (Å²) in [5, 5.41) is 7.64. The smallest absolute Gasteiger partial charge is 0.157 e. The summed E-state index contributed by atoms with van der Waals surface area (Å²) in [5.74, 6) is 1.38. The number of nitrogens with one attached hydrogen (secondary N) is 1. The Morgan fingerprint density at radius 2 is 2.18 bits per heavy atom. The van der Waals surface area contributed by atoms with E-state index in [-0.39, 0.29) is 0 Å². The molecule has 1 aromatic heterocycles. The molecule has 0 fully saturated rings. The van der Waals surface area contributed by atoms with E-state index in [4.69, 9.17) is 4.74 Å². The number of nitrogens with zero attached hydrogens (tertiary/aromatic N) is 2. The second-order valence-electron chi connectivity index (χ2n) is 4.92. The van der Waals surface area contributed by atoms with Crippen LogP contribution in [0.25, 0.3) is 0 Å². The summed E-state index contributed by atoms with van der Waals surface area (Å²) in [6.45, 7) is 11.3. The summed E-state index contributed by atoms with van der Waals surface area (Å²) in [4.78, 5) is 0. The van der Waals surface area contributed by atoms with Crippen molar-refractivity contribution in [1.29, 1.82) is 0 Å². The Morgan fingerprint density at radius 1 is 1.41 bits per heavy atom. The van der Waals surface area contributed by atoms with E-state index in [2.05, 4.69) is 38.1 Å². The largest absolute Gasteiger partial charge is 0.490 e. The van der Waals surface area contributed by atoms with Gasteiger partial charge in [0.25, 0.3) is 0 Å². The molecule has 1 aromatic rings. The first kappa shape index (κ1) is 14.0. The molecular weight excluding hydrogens is 214 g/mol. The fraction of sp³-hybridized carbons (Fsp3) is 0.769. The number of aromatic nitrogens is 2. The lowest BCUT2D eigenvalue weighted by molar-refractivity contribution is 0.253. The second-order valence-corrected chi connectivity index (χ2v) is 4.92. The van der Waals surface area contributed by atoms with E-state index in [1.54, 1.807) is 6.20 Å². The summed E-state index contributed by atoms with van der Waals surface area (Å²) in [5.41, 5.74) is 0. The number of rotatable bonds is 8. The highest BCUT2D eigenvalue weighted by atomic mass is 16.5. The maximum Gasteiger partial charge on any atom is 0.157 e. The lowest BCUT2D eigenvalue weighted by atomic mass is 10.2. The van der Waals surface area contributed by atoms with Gasteiger partial charge in [-0.3, -0.25) is 4.68 Å². The average molecular weight is 239 g/mol. The molecule has 0 spiro atoms. The molecule has 1 N–H and O–H groups in total. The molecule has 0 saturated carbocycles. The molecule has 0 bridgehead atoms. The summed E-state index contributed by atoms with van der Waals surface area (Å²) in [6.07, 6.45) is 4.85. The van der Waals surface area contributed by atoms with Gasteiger partial charge in [-0.15, -0.1) is 0 Å². The second kappa shape index (κ2) is 7.33. The SMILES string of the molecule is CCCn1cc(OCC(C)CNC(C)C)cn1. The van der Waals surface area contributed by atoms with Crippen LogP contribution >= 0.6 is 0 Å². The Balaban J connectivity index is 2.24. The third kappa shape index (κ3) is 5.73. The summed E-state index contributed by atoms with van der Waals surface area (Å²) < 4.78 is 7.63. The lowest BCUT2D eigenvalue weighted by Crippen LogP contribution is -2.30. The molecule has 0 aliphatic heterocycles. The molecule has 0 aromatic carbocycles. The Hall–Kier alpha value is -1.03. The van der Waals surface area contributed by atoms with Crippen LogP contribution in [0.5, 0.6) is 5.75 Å². The fourth-order valence-electron chi connectivity index (χ4n) is 1.50. The van der Waals surface area contributed by atoms with Gasteiger partial charge in [-0.2, -0.15) is 5.10 Å². The van der Waals surface area contributed by atoms with Crippen LogP contribution < -0.4 is 10.1 Å². The first-order valence-electron chi connectivity index (χ1n) is 6.50. The standard InChI is InChI=1S/C13H25N3O/c1-5-6-16-9-13(8-15-16)17-10-12(4)7-14-11(2)3/h8-9,11-12,14H,5-7,10H2,1-4H3. The van der Waals surface area contributed by atoms with Gasteiger partial charge in [-0.1, -0.05) is 27.7 Å². The summed E-state index contributed by atoms with van der Waals surface area (Å²) >= 11 is 0. The number of aryl methyl sites for hydroxylation is 1. The zero-order valence-electron chi connectivity index (χ0n) is 11.4. The quantitative estimate of drug-likeness (QED) is 0.756. The van der Waals surface area contributed by atoms with Crippen LogP contribution in [0.1, 0.15) is 34.1 Å². The van der Waals surface area contributed by atoms with Crippen molar-refractivity contribution in [3.05, 3.63) is 12.4 Å². The molecule has 1 unspecified atom stereocenters. The van der Waals surface area contributed by atoms with Crippen molar-refractivity contribution in [2.24, 2.45) is 5.92 Å². The zero-order chi connectivity index (χ0) is 12.7. The minimum absolute atomic E-state index is 0.506. The first-order valence-corrected chi connectivity index (χ1v) is 6.50. The highest BCUT2D eigenvalue weighted by Crippen LogP contribution is 2.10. The number of ether oxygens (including phenoxy) is 1. The van der Waals surface area contributed by atoms with Gasteiger partial charge in [-0.25, -0.2) is 0 Å². The molecule has 4 heteroatoms. The van der Waals surface area contributed by atoms with E-state index in [1.807, 2.05) is 10.9 Å². The summed E-state index contributed by atoms with van der Waals surface area (Å²) in [7, 11) is 0. The molecule has 0 aliphatic rings. The van der Waals surface area contributed by atoms with Crippen molar-refractivity contribution in [2.75, 3.05) is 13.2 Å². The van der Waals surface area contributed by atoms with Crippen molar-refractivity contribution in [1.82, 2.24) is 15.1 Å². The van der Waals surface area contributed by atoms with Gasteiger partial charge >= 0.3 is 0 Å². The van der Waals surface area contributed by atoms with Crippen LogP contribution in [-0.4, -0.2) is 29.0 Å². The maximum absolute atomic E-state index is 5.70. The molecule has 1 heterocycles. The molecular formula is C13H25N3O. The van der Waals surface area contributed by atoms with Crippen LogP contribution in [0, 0.1) is 5.92 Å². The normalized spacial score (nSPS) is 13.0. The minimum atomic E-state index is 0.506. The lowest BCUT2D eigenvalue weighted by Gasteiger charge is -2.14. The molecule has 1 atom stereocenters. The highest BCUT2D eigenvalue weighted by Gasteiger charge is 2.05. The van der Waals surface area contributed by atoms with Crippen LogP contribution in [0.3, 0.4) is 0 Å². The van der Waals surface area contributed by atoms with Gasteiger partial charge in [0.05, 0.1) is 19.0 Å². The maximum atomic E-state index is 5.70. The summed E-state index contributed by atoms with van der Waals surface area (Å²) in [6, 6.07) is 0.532. The number of hydrogen-bond acceptors (Lipinski definition) is 3. The van der Waals surface area contributed by atoms with E-state index >= 15 is 0 Å². The molecule has 0 aliphatic carbocycles.